The predicted octanol–water partition coefficient (Wildman–Crippen LogP) is 3.47. The van der Waals surface area contributed by atoms with E-state index in [0.717, 1.165) is 11.5 Å². The second-order valence-electron chi connectivity index (χ2n) is 4.54. The fourth-order valence-electron chi connectivity index (χ4n) is 1.64. The maximum Gasteiger partial charge on any atom is 0.149 e. The summed E-state index contributed by atoms with van der Waals surface area (Å²) in [5.41, 5.74) is 2.20. The lowest BCUT2D eigenvalue weighted by molar-refractivity contribution is 0.612. The van der Waals surface area contributed by atoms with Crippen LogP contribution in [-0.2, 0) is 0 Å². The molecule has 0 spiro atoms. The van der Waals surface area contributed by atoms with Crippen LogP contribution in [0.25, 0.3) is 0 Å². The van der Waals surface area contributed by atoms with Crippen LogP contribution >= 0.6 is 0 Å². The van der Waals surface area contributed by atoms with Crippen molar-refractivity contribution in [2.24, 2.45) is 0 Å². The van der Waals surface area contributed by atoms with Crippen LogP contribution in [0.2, 0.25) is 0 Å². The zero-order chi connectivity index (χ0) is 12.0. The fourth-order valence-corrected chi connectivity index (χ4v) is 1.64. The largest absolute Gasteiger partial charge is 0.366 e. The molecule has 0 fully saturated rings. The van der Waals surface area contributed by atoms with Gasteiger partial charge < -0.3 is 5.32 Å². The van der Waals surface area contributed by atoms with Gasteiger partial charge in [-0.05, 0) is 38.8 Å². The standard InChI is InChI=1S/C13H23N3/c1-5-6-7-8-11(3)14-13-9-10(2)12(4)15-16-13/h9,11H,5-8H2,1-4H3,(H,14,16). The number of unbranched alkanes of at least 4 members (excludes halogenated alkanes) is 2. The number of hydrogen-bond acceptors (Lipinski definition) is 3. The number of aromatic nitrogens is 2. The van der Waals surface area contributed by atoms with Crippen molar-refractivity contribution in [3.8, 4) is 0 Å². The molecule has 0 aliphatic rings. The lowest BCUT2D eigenvalue weighted by Gasteiger charge is -2.14. The first-order chi connectivity index (χ1) is 7.63. The molecule has 0 radical (unpaired) electrons. The van der Waals surface area contributed by atoms with E-state index >= 15 is 0 Å². The molecule has 0 amide bonds. The molecule has 0 aliphatic carbocycles. The van der Waals surface area contributed by atoms with E-state index in [9.17, 15) is 0 Å². The maximum absolute atomic E-state index is 4.15. The van der Waals surface area contributed by atoms with Crippen LogP contribution in [-0.4, -0.2) is 16.2 Å². The molecule has 0 aromatic carbocycles. The third-order valence-corrected chi connectivity index (χ3v) is 2.87. The molecule has 1 unspecified atom stereocenters. The van der Waals surface area contributed by atoms with Gasteiger partial charge in [0, 0.05) is 6.04 Å². The molecule has 0 bridgehead atoms. The number of aryl methyl sites for hydroxylation is 2. The topological polar surface area (TPSA) is 37.8 Å². The molecular weight excluding hydrogens is 198 g/mol. The second-order valence-corrected chi connectivity index (χ2v) is 4.54. The van der Waals surface area contributed by atoms with Crippen LogP contribution < -0.4 is 5.32 Å². The van der Waals surface area contributed by atoms with Gasteiger partial charge in [-0.2, -0.15) is 5.10 Å². The summed E-state index contributed by atoms with van der Waals surface area (Å²) in [4.78, 5) is 0. The van der Waals surface area contributed by atoms with Crippen molar-refractivity contribution < 1.29 is 0 Å². The predicted molar refractivity (Wildman–Crippen MR) is 68.7 cm³/mol. The van der Waals surface area contributed by atoms with E-state index < -0.39 is 0 Å². The zero-order valence-corrected chi connectivity index (χ0v) is 10.9. The maximum atomic E-state index is 4.15. The number of nitrogens with one attached hydrogen (secondary N) is 1. The summed E-state index contributed by atoms with van der Waals surface area (Å²) in [6.45, 7) is 8.48. The average Bonchev–Trinajstić information content (AvgIpc) is 2.24. The van der Waals surface area contributed by atoms with Gasteiger partial charge >= 0.3 is 0 Å². The van der Waals surface area contributed by atoms with Crippen molar-refractivity contribution in [3.05, 3.63) is 17.3 Å². The van der Waals surface area contributed by atoms with Crippen molar-refractivity contribution in [1.29, 1.82) is 0 Å². The Bertz CT molecular complexity index is 323. The molecule has 1 N–H and O–H groups in total. The number of hydrogen-bond donors (Lipinski definition) is 1. The van der Waals surface area contributed by atoms with Crippen molar-refractivity contribution in [2.75, 3.05) is 5.32 Å². The highest BCUT2D eigenvalue weighted by Gasteiger charge is 2.04. The molecule has 0 saturated carbocycles. The zero-order valence-electron chi connectivity index (χ0n) is 10.9. The van der Waals surface area contributed by atoms with Gasteiger partial charge in [0.25, 0.3) is 0 Å². The molecule has 1 heterocycles. The molecule has 1 aromatic rings. The van der Waals surface area contributed by atoms with Crippen molar-refractivity contribution in [2.45, 2.75) is 59.4 Å². The Morgan fingerprint density at radius 3 is 2.62 bits per heavy atom. The van der Waals surface area contributed by atoms with Gasteiger partial charge in [0.05, 0.1) is 5.69 Å². The lowest BCUT2D eigenvalue weighted by Crippen LogP contribution is -2.16. The lowest BCUT2D eigenvalue weighted by atomic mass is 10.1. The number of nitrogens with zero attached hydrogens (tertiary/aromatic N) is 2. The highest BCUT2D eigenvalue weighted by atomic mass is 15.2. The molecule has 16 heavy (non-hydrogen) atoms. The van der Waals surface area contributed by atoms with Gasteiger partial charge in [0.2, 0.25) is 0 Å². The van der Waals surface area contributed by atoms with Crippen LogP contribution in [0, 0.1) is 13.8 Å². The third kappa shape index (κ3) is 4.17. The monoisotopic (exact) mass is 221 g/mol. The average molecular weight is 221 g/mol. The summed E-state index contributed by atoms with van der Waals surface area (Å²) in [5.74, 6) is 0.895. The number of rotatable bonds is 6. The molecule has 1 rings (SSSR count). The van der Waals surface area contributed by atoms with Gasteiger partial charge in [-0.3, -0.25) is 0 Å². The van der Waals surface area contributed by atoms with E-state index in [2.05, 4.69) is 42.4 Å². The van der Waals surface area contributed by atoms with Gasteiger partial charge in [-0.15, -0.1) is 5.10 Å². The highest BCUT2D eigenvalue weighted by molar-refractivity contribution is 5.38. The van der Waals surface area contributed by atoms with Gasteiger partial charge in [-0.1, -0.05) is 26.2 Å². The normalized spacial score (nSPS) is 12.5. The molecule has 0 aliphatic heterocycles. The fraction of sp³-hybridized carbons (Fsp3) is 0.692. The molecule has 1 atom stereocenters. The van der Waals surface area contributed by atoms with Crippen molar-refractivity contribution in [3.63, 3.8) is 0 Å². The summed E-state index contributed by atoms with van der Waals surface area (Å²) in [6.07, 6.45) is 5.06. The smallest absolute Gasteiger partial charge is 0.149 e. The quantitative estimate of drug-likeness (QED) is 0.747. The Kier molecular flexibility index (Phi) is 5.23. The first-order valence-corrected chi connectivity index (χ1v) is 6.21. The van der Waals surface area contributed by atoms with E-state index in [1.807, 2.05) is 6.92 Å². The van der Waals surface area contributed by atoms with E-state index in [4.69, 9.17) is 0 Å². The van der Waals surface area contributed by atoms with Crippen molar-refractivity contribution in [1.82, 2.24) is 10.2 Å². The second kappa shape index (κ2) is 6.46. The first-order valence-electron chi connectivity index (χ1n) is 6.21. The summed E-state index contributed by atoms with van der Waals surface area (Å²) < 4.78 is 0. The van der Waals surface area contributed by atoms with Crippen LogP contribution in [0.15, 0.2) is 6.07 Å². The van der Waals surface area contributed by atoms with E-state index in [1.54, 1.807) is 0 Å². The van der Waals surface area contributed by atoms with E-state index in [-0.39, 0.29) is 0 Å². The SMILES string of the molecule is CCCCCC(C)Nc1cc(C)c(C)nn1. The summed E-state index contributed by atoms with van der Waals surface area (Å²) in [5, 5.41) is 11.7. The molecule has 3 heteroatoms. The van der Waals surface area contributed by atoms with Crippen LogP contribution in [0.1, 0.15) is 50.8 Å². The molecular formula is C13H23N3. The minimum Gasteiger partial charge on any atom is -0.366 e. The summed E-state index contributed by atoms with van der Waals surface area (Å²) >= 11 is 0. The molecule has 0 saturated heterocycles. The Balaban J connectivity index is 2.43. The van der Waals surface area contributed by atoms with E-state index in [0.29, 0.717) is 6.04 Å². The summed E-state index contributed by atoms with van der Waals surface area (Å²) in [6, 6.07) is 2.54. The van der Waals surface area contributed by atoms with Crippen LogP contribution in [0.4, 0.5) is 5.82 Å². The molecule has 3 nitrogen and oxygen atoms in total. The highest BCUT2D eigenvalue weighted by Crippen LogP contribution is 2.11. The minimum atomic E-state index is 0.475. The Morgan fingerprint density at radius 2 is 2.00 bits per heavy atom. The first kappa shape index (κ1) is 12.9. The minimum absolute atomic E-state index is 0.475. The Morgan fingerprint density at radius 1 is 1.25 bits per heavy atom. The van der Waals surface area contributed by atoms with E-state index in [1.165, 1.54) is 31.2 Å². The third-order valence-electron chi connectivity index (χ3n) is 2.87. The van der Waals surface area contributed by atoms with Gasteiger partial charge in [0.1, 0.15) is 5.82 Å². The van der Waals surface area contributed by atoms with Gasteiger partial charge in [0.15, 0.2) is 0 Å². The molecule has 90 valence electrons. The van der Waals surface area contributed by atoms with Crippen LogP contribution in [0.3, 0.4) is 0 Å². The Labute approximate surface area is 98.7 Å². The van der Waals surface area contributed by atoms with Crippen LogP contribution in [0.5, 0.6) is 0 Å². The van der Waals surface area contributed by atoms with Gasteiger partial charge in [-0.25, -0.2) is 0 Å². The number of anilines is 1. The Hall–Kier alpha value is -1.12. The van der Waals surface area contributed by atoms with Crippen molar-refractivity contribution >= 4 is 5.82 Å². The summed E-state index contributed by atoms with van der Waals surface area (Å²) in [7, 11) is 0. The molecule has 1 aromatic heterocycles.